The Morgan fingerprint density at radius 1 is 1.18 bits per heavy atom. The van der Waals surface area contributed by atoms with Gasteiger partial charge in [0.2, 0.25) is 0 Å². The van der Waals surface area contributed by atoms with Crippen LogP contribution in [-0.2, 0) is 4.79 Å². The molecule has 0 spiro atoms. The molecular formula is C23H23ClN2O6S. The Labute approximate surface area is 200 Å². The first-order chi connectivity index (χ1) is 15.8. The first-order valence-corrected chi connectivity index (χ1v) is 11.2. The van der Waals surface area contributed by atoms with Crippen LogP contribution in [-0.4, -0.2) is 41.1 Å². The Hall–Kier alpha value is -3.17. The second-order valence-electron chi connectivity index (χ2n) is 6.94. The Morgan fingerprint density at radius 2 is 1.94 bits per heavy atom. The third-order valence-electron chi connectivity index (χ3n) is 4.13. The number of carboxylic acid groups (broad SMARTS) is 1. The number of ether oxygens (including phenoxy) is 3. The first kappa shape index (κ1) is 24.5. The molecule has 0 aliphatic heterocycles. The van der Waals surface area contributed by atoms with Crippen molar-refractivity contribution in [1.29, 1.82) is 0 Å². The van der Waals surface area contributed by atoms with E-state index in [2.05, 4.69) is 10.2 Å². The molecule has 0 fully saturated rings. The summed E-state index contributed by atoms with van der Waals surface area (Å²) >= 11 is 6.90. The van der Waals surface area contributed by atoms with Crippen LogP contribution in [0.4, 0.5) is 0 Å². The monoisotopic (exact) mass is 490 g/mol. The van der Waals surface area contributed by atoms with Crippen LogP contribution >= 0.6 is 23.4 Å². The normalized spacial score (nSPS) is 11.5. The van der Waals surface area contributed by atoms with Gasteiger partial charge in [0.25, 0.3) is 11.1 Å². The summed E-state index contributed by atoms with van der Waals surface area (Å²) in [6.07, 6.45) is 1.47. The molecule has 174 valence electrons. The molecule has 10 heteroatoms. The molecule has 0 saturated heterocycles. The summed E-state index contributed by atoms with van der Waals surface area (Å²) in [6, 6.07) is 10.2. The number of carboxylic acids is 1. The van der Waals surface area contributed by atoms with E-state index in [0.717, 1.165) is 11.8 Å². The second kappa shape index (κ2) is 11.1. The van der Waals surface area contributed by atoms with Gasteiger partial charge in [0.05, 0.1) is 25.4 Å². The van der Waals surface area contributed by atoms with E-state index >= 15 is 0 Å². The Morgan fingerprint density at radius 3 is 2.61 bits per heavy atom. The van der Waals surface area contributed by atoms with Crippen molar-refractivity contribution in [3.05, 3.63) is 51.9 Å². The van der Waals surface area contributed by atoms with Gasteiger partial charge in [-0.3, -0.25) is 0 Å². The van der Waals surface area contributed by atoms with E-state index in [0.29, 0.717) is 40.0 Å². The molecule has 1 aromatic heterocycles. The van der Waals surface area contributed by atoms with E-state index in [1.54, 1.807) is 36.4 Å². The van der Waals surface area contributed by atoms with Gasteiger partial charge < -0.3 is 23.7 Å². The lowest BCUT2D eigenvalue weighted by Crippen LogP contribution is -2.07. The van der Waals surface area contributed by atoms with Crippen LogP contribution in [0.3, 0.4) is 0 Å². The molecule has 0 bridgehead atoms. The van der Waals surface area contributed by atoms with Crippen molar-refractivity contribution in [2.24, 2.45) is 0 Å². The van der Waals surface area contributed by atoms with Crippen LogP contribution in [0.15, 0.2) is 50.9 Å². The lowest BCUT2D eigenvalue weighted by molar-refractivity contribution is -0.131. The number of hydrogen-bond donors (Lipinski definition) is 1. The van der Waals surface area contributed by atoms with Crippen LogP contribution < -0.4 is 14.2 Å². The quantitative estimate of drug-likeness (QED) is 0.278. The number of rotatable bonds is 10. The molecule has 0 atom stereocenters. The van der Waals surface area contributed by atoms with Gasteiger partial charge in [0.1, 0.15) is 10.7 Å². The van der Waals surface area contributed by atoms with Gasteiger partial charge in [0.15, 0.2) is 11.5 Å². The summed E-state index contributed by atoms with van der Waals surface area (Å²) in [7, 11) is 1.51. The second-order valence-corrected chi connectivity index (χ2v) is 8.37. The van der Waals surface area contributed by atoms with Crippen LogP contribution in [0, 0.1) is 0 Å². The smallest absolute Gasteiger partial charge is 0.342 e. The Bertz CT molecular complexity index is 1160. The number of halogens is 1. The van der Waals surface area contributed by atoms with Crippen molar-refractivity contribution in [3.8, 4) is 28.7 Å². The van der Waals surface area contributed by atoms with Crippen molar-refractivity contribution in [1.82, 2.24) is 10.2 Å². The van der Waals surface area contributed by atoms with Gasteiger partial charge in [-0.25, -0.2) is 4.79 Å². The number of aromatic nitrogens is 2. The number of nitrogens with zero attached hydrogens (tertiary/aromatic N) is 2. The minimum Gasteiger partial charge on any atom is -0.496 e. The van der Waals surface area contributed by atoms with Crippen molar-refractivity contribution in [3.63, 3.8) is 0 Å². The molecular weight excluding hydrogens is 468 g/mol. The summed E-state index contributed by atoms with van der Waals surface area (Å²) in [5.74, 6) is 0.644. The van der Waals surface area contributed by atoms with Crippen molar-refractivity contribution < 1.29 is 28.5 Å². The molecule has 1 heterocycles. The fourth-order valence-electron chi connectivity index (χ4n) is 2.82. The molecule has 1 N–H and O–H groups in total. The lowest BCUT2D eigenvalue weighted by atomic mass is 10.2. The molecule has 3 rings (SSSR count). The predicted molar refractivity (Wildman–Crippen MR) is 126 cm³/mol. The highest BCUT2D eigenvalue weighted by molar-refractivity contribution is 8.03. The van der Waals surface area contributed by atoms with Crippen LogP contribution in [0.25, 0.3) is 17.5 Å². The molecule has 0 aliphatic rings. The summed E-state index contributed by atoms with van der Waals surface area (Å²) in [4.78, 5) is 11.9. The zero-order chi connectivity index (χ0) is 24.0. The van der Waals surface area contributed by atoms with E-state index in [4.69, 9.17) is 30.2 Å². The molecule has 3 aromatic rings. The highest BCUT2D eigenvalue weighted by Crippen LogP contribution is 2.36. The van der Waals surface area contributed by atoms with Crippen molar-refractivity contribution >= 4 is 35.4 Å². The van der Waals surface area contributed by atoms with E-state index in [9.17, 15) is 9.90 Å². The molecule has 0 amide bonds. The minimum absolute atomic E-state index is 0.0109. The van der Waals surface area contributed by atoms with E-state index in [1.165, 1.54) is 13.2 Å². The summed E-state index contributed by atoms with van der Waals surface area (Å²) < 4.78 is 22.4. The summed E-state index contributed by atoms with van der Waals surface area (Å²) in [6.45, 7) is 6.14. The predicted octanol–water partition coefficient (Wildman–Crippen LogP) is 5.80. The fourth-order valence-corrected chi connectivity index (χ4v) is 3.67. The molecule has 0 saturated carbocycles. The van der Waals surface area contributed by atoms with Gasteiger partial charge in [-0.05, 0) is 74.5 Å². The van der Waals surface area contributed by atoms with Crippen LogP contribution in [0.2, 0.25) is 5.02 Å². The highest BCUT2D eigenvalue weighted by atomic mass is 35.5. The number of thioether (sulfide) groups is 1. The molecule has 0 unspecified atom stereocenters. The molecule has 0 aliphatic carbocycles. The number of carbonyl (C=O) groups is 1. The number of hydrogen-bond acceptors (Lipinski definition) is 8. The number of methoxy groups -OCH3 is 1. The zero-order valence-corrected chi connectivity index (χ0v) is 20.1. The van der Waals surface area contributed by atoms with Gasteiger partial charge >= 0.3 is 5.97 Å². The van der Waals surface area contributed by atoms with Crippen LogP contribution in [0.1, 0.15) is 26.3 Å². The van der Waals surface area contributed by atoms with Crippen molar-refractivity contribution in [2.75, 3.05) is 13.7 Å². The van der Waals surface area contributed by atoms with Crippen molar-refractivity contribution in [2.45, 2.75) is 32.1 Å². The Balaban J connectivity index is 1.89. The topological polar surface area (TPSA) is 104 Å². The largest absolute Gasteiger partial charge is 0.496 e. The Kier molecular flexibility index (Phi) is 8.24. The van der Waals surface area contributed by atoms with Gasteiger partial charge in [-0.1, -0.05) is 17.7 Å². The van der Waals surface area contributed by atoms with Gasteiger partial charge in [0, 0.05) is 5.02 Å². The maximum absolute atomic E-state index is 11.9. The summed E-state index contributed by atoms with van der Waals surface area (Å²) in [5, 5.41) is 18.2. The van der Waals surface area contributed by atoms with E-state index < -0.39 is 5.97 Å². The minimum atomic E-state index is -1.14. The maximum Gasteiger partial charge on any atom is 0.342 e. The average molecular weight is 491 g/mol. The third kappa shape index (κ3) is 6.43. The van der Waals surface area contributed by atoms with E-state index in [1.807, 2.05) is 20.8 Å². The molecule has 8 nitrogen and oxygen atoms in total. The average Bonchev–Trinajstić information content (AvgIpc) is 3.23. The number of benzene rings is 2. The maximum atomic E-state index is 11.9. The SMILES string of the molecule is CCOc1cc(/C=C(\Sc2nnc(-c3cc(Cl)ccc3OC)o2)C(=O)O)ccc1OC(C)C. The highest BCUT2D eigenvalue weighted by Gasteiger charge is 2.19. The molecule has 33 heavy (non-hydrogen) atoms. The molecule has 0 radical (unpaired) electrons. The molecule has 2 aromatic carbocycles. The summed E-state index contributed by atoms with van der Waals surface area (Å²) in [5.41, 5.74) is 1.13. The van der Waals surface area contributed by atoms with E-state index in [-0.39, 0.29) is 22.1 Å². The lowest BCUT2D eigenvalue weighted by Gasteiger charge is -2.15. The van der Waals surface area contributed by atoms with Crippen LogP contribution in [0.5, 0.6) is 17.2 Å². The fraction of sp³-hybridized carbons (Fsp3) is 0.261. The third-order valence-corrected chi connectivity index (χ3v) is 5.22. The zero-order valence-electron chi connectivity index (χ0n) is 18.5. The van der Waals surface area contributed by atoms with Gasteiger partial charge in [-0.15, -0.1) is 10.2 Å². The number of aliphatic carboxylic acids is 1. The standard InChI is InChI=1S/C23H23ClN2O6S/c1-5-30-19-10-14(6-8-18(19)31-13(2)3)11-20(22(27)28)33-23-26-25-21(32-23)16-12-15(24)7-9-17(16)29-4/h6-13H,5H2,1-4H3,(H,27,28)/b20-11-. The first-order valence-electron chi connectivity index (χ1n) is 10.0. The van der Waals surface area contributed by atoms with Gasteiger partial charge in [-0.2, -0.15) is 0 Å².